The number of thioether (sulfide) groups is 1. The lowest BCUT2D eigenvalue weighted by Gasteiger charge is -2.18. The third-order valence-corrected chi connectivity index (χ3v) is 6.21. The molecule has 9 nitrogen and oxygen atoms in total. The Morgan fingerprint density at radius 1 is 1.15 bits per heavy atom. The molecule has 33 heavy (non-hydrogen) atoms. The van der Waals surface area contributed by atoms with Crippen LogP contribution in [-0.4, -0.2) is 61.9 Å². The van der Waals surface area contributed by atoms with E-state index in [9.17, 15) is 14.4 Å². The molecule has 1 aliphatic heterocycles. The molecular weight excluding hydrogens is 440 g/mol. The fourth-order valence-corrected chi connectivity index (χ4v) is 4.32. The first-order chi connectivity index (χ1) is 16.1. The Balaban J connectivity index is 1.39. The van der Waals surface area contributed by atoms with Crippen molar-refractivity contribution < 1.29 is 14.4 Å². The van der Waals surface area contributed by atoms with Crippen LogP contribution in [0.15, 0.2) is 54.7 Å². The standard InChI is InChI=1S/C23H26N6O3S/c1-33-14-11-17(21-27-26-19-9-5-6-12-28(19)21)24-20(30)15-18-22(31)29(23(32)25-18)13-10-16-7-3-2-4-8-16/h2-9,12,17-18H,10-11,13-15H2,1H3,(H,24,30)(H,25,32)/t17-,18-/m1/s1. The van der Waals surface area contributed by atoms with Gasteiger partial charge in [-0.05, 0) is 42.5 Å². The van der Waals surface area contributed by atoms with Crippen LogP contribution in [0.1, 0.15) is 30.3 Å². The number of carbonyl (C=O) groups excluding carboxylic acids is 3. The van der Waals surface area contributed by atoms with E-state index < -0.39 is 12.1 Å². The Labute approximate surface area is 195 Å². The predicted octanol–water partition coefficient (Wildman–Crippen LogP) is 2.19. The summed E-state index contributed by atoms with van der Waals surface area (Å²) in [4.78, 5) is 39.1. The van der Waals surface area contributed by atoms with Gasteiger partial charge in [-0.3, -0.25) is 18.9 Å². The van der Waals surface area contributed by atoms with E-state index in [-0.39, 0.29) is 30.8 Å². The third-order valence-electron chi connectivity index (χ3n) is 5.56. The maximum absolute atomic E-state index is 12.8. The number of urea groups is 1. The number of amides is 4. The van der Waals surface area contributed by atoms with Gasteiger partial charge in [-0.25, -0.2) is 4.79 Å². The van der Waals surface area contributed by atoms with E-state index in [2.05, 4.69) is 20.8 Å². The summed E-state index contributed by atoms with van der Waals surface area (Å²) >= 11 is 1.67. The van der Waals surface area contributed by atoms with E-state index in [1.165, 1.54) is 4.90 Å². The van der Waals surface area contributed by atoms with Crippen LogP contribution in [0, 0.1) is 0 Å². The highest BCUT2D eigenvalue weighted by atomic mass is 32.2. The van der Waals surface area contributed by atoms with Crippen molar-refractivity contribution in [3.05, 3.63) is 66.1 Å². The van der Waals surface area contributed by atoms with Crippen molar-refractivity contribution in [2.24, 2.45) is 0 Å². The second-order valence-corrected chi connectivity index (χ2v) is 8.81. The molecular formula is C23H26N6O3S. The summed E-state index contributed by atoms with van der Waals surface area (Å²) in [6.45, 7) is 0.273. The molecule has 0 bridgehead atoms. The lowest BCUT2D eigenvalue weighted by atomic mass is 10.1. The van der Waals surface area contributed by atoms with Crippen molar-refractivity contribution in [1.82, 2.24) is 30.1 Å². The van der Waals surface area contributed by atoms with Gasteiger partial charge in [-0.15, -0.1) is 10.2 Å². The number of nitrogens with one attached hydrogen (secondary N) is 2. The summed E-state index contributed by atoms with van der Waals surface area (Å²) in [5.74, 6) is 0.760. The van der Waals surface area contributed by atoms with Crippen LogP contribution >= 0.6 is 11.8 Å². The van der Waals surface area contributed by atoms with E-state index in [1.807, 2.05) is 65.4 Å². The molecule has 0 radical (unpaired) electrons. The lowest BCUT2D eigenvalue weighted by Crippen LogP contribution is -2.38. The van der Waals surface area contributed by atoms with Crippen molar-refractivity contribution in [3.8, 4) is 0 Å². The zero-order valence-corrected chi connectivity index (χ0v) is 19.1. The first-order valence-electron chi connectivity index (χ1n) is 10.8. The number of imide groups is 1. The Morgan fingerprint density at radius 2 is 1.94 bits per heavy atom. The molecule has 1 aliphatic rings. The molecule has 3 heterocycles. The average molecular weight is 467 g/mol. The topological polar surface area (TPSA) is 109 Å². The maximum Gasteiger partial charge on any atom is 0.324 e. The van der Waals surface area contributed by atoms with Crippen molar-refractivity contribution in [2.45, 2.75) is 31.3 Å². The molecule has 0 spiro atoms. The van der Waals surface area contributed by atoms with Crippen molar-refractivity contribution >= 4 is 35.3 Å². The molecule has 1 saturated heterocycles. The fourth-order valence-electron chi connectivity index (χ4n) is 3.85. The summed E-state index contributed by atoms with van der Waals surface area (Å²) in [5, 5.41) is 14.1. The number of fused-ring (bicyclic) bond motifs is 1. The van der Waals surface area contributed by atoms with Crippen LogP contribution in [0.4, 0.5) is 4.79 Å². The third kappa shape index (κ3) is 5.33. The molecule has 1 aromatic carbocycles. The molecule has 0 aliphatic carbocycles. The molecule has 0 saturated carbocycles. The van der Waals surface area contributed by atoms with Crippen molar-refractivity contribution in [3.63, 3.8) is 0 Å². The van der Waals surface area contributed by atoms with Crippen LogP contribution < -0.4 is 10.6 Å². The number of pyridine rings is 1. The Hall–Kier alpha value is -3.40. The zero-order chi connectivity index (χ0) is 23.2. The number of carbonyl (C=O) groups is 3. The minimum Gasteiger partial charge on any atom is -0.346 e. The van der Waals surface area contributed by atoms with E-state index in [0.717, 1.165) is 11.3 Å². The van der Waals surface area contributed by atoms with Gasteiger partial charge in [0, 0.05) is 12.7 Å². The monoisotopic (exact) mass is 466 g/mol. The van der Waals surface area contributed by atoms with Crippen LogP contribution in [0.25, 0.3) is 5.65 Å². The zero-order valence-electron chi connectivity index (χ0n) is 18.3. The molecule has 0 unspecified atom stereocenters. The summed E-state index contributed by atoms with van der Waals surface area (Å²) in [6, 6.07) is 13.6. The normalized spacial score (nSPS) is 16.8. The smallest absolute Gasteiger partial charge is 0.324 e. The van der Waals surface area contributed by atoms with Gasteiger partial charge >= 0.3 is 6.03 Å². The highest BCUT2D eigenvalue weighted by Crippen LogP contribution is 2.19. The summed E-state index contributed by atoms with van der Waals surface area (Å²) in [6.07, 6.45) is 4.96. The molecule has 4 rings (SSSR count). The first kappa shape index (κ1) is 22.8. The van der Waals surface area contributed by atoms with Crippen LogP contribution in [-0.2, 0) is 16.0 Å². The van der Waals surface area contributed by atoms with Gasteiger partial charge in [0.1, 0.15) is 6.04 Å². The van der Waals surface area contributed by atoms with Gasteiger partial charge in [0.25, 0.3) is 5.91 Å². The number of hydrogen-bond donors (Lipinski definition) is 2. The van der Waals surface area contributed by atoms with Crippen LogP contribution in [0.3, 0.4) is 0 Å². The molecule has 2 atom stereocenters. The molecule has 4 amide bonds. The Bertz CT molecular complexity index is 1140. The Kier molecular flexibility index (Phi) is 7.23. The van der Waals surface area contributed by atoms with Gasteiger partial charge in [0.15, 0.2) is 11.5 Å². The summed E-state index contributed by atoms with van der Waals surface area (Å²) < 4.78 is 1.85. The number of rotatable bonds is 10. The molecule has 172 valence electrons. The van der Waals surface area contributed by atoms with Crippen molar-refractivity contribution in [1.29, 1.82) is 0 Å². The van der Waals surface area contributed by atoms with Gasteiger partial charge in [-0.1, -0.05) is 36.4 Å². The summed E-state index contributed by atoms with van der Waals surface area (Å²) in [5.41, 5.74) is 1.74. The van der Waals surface area contributed by atoms with Crippen LogP contribution in [0.2, 0.25) is 0 Å². The maximum atomic E-state index is 12.8. The fraction of sp³-hybridized carbons (Fsp3) is 0.348. The van der Waals surface area contributed by atoms with E-state index >= 15 is 0 Å². The number of aromatic nitrogens is 3. The Morgan fingerprint density at radius 3 is 2.73 bits per heavy atom. The van der Waals surface area contributed by atoms with Crippen LogP contribution in [0.5, 0.6) is 0 Å². The number of nitrogens with zero attached hydrogens (tertiary/aromatic N) is 4. The average Bonchev–Trinajstić information content (AvgIpc) is 3.36. The van der Waals surface area contributed by atoms with Gasteiger partial charge in [0.2, 0.25) is 5.91 Å². The number of hydrogen-bond acceptors (Lipinski definition) is 6. The minimum atomic E-state index is -0.871. The van der Waals surface area contributed by atoms with Gasteiger partial charge in [-0.2, -0.15) is 11.8 Å². The highest BCUT2D eigenvalue weighted by Gasteiger charge is 2.39. The first-order valence-corrected chi connectivity index (χ1v) is 12.2. The largest absolute Gasteiger partial charge is 0.346 e. The highest BCUT2D eigenvalue weighted by molar-refractivity contribution is 7.98. The SMILES string of the molecule is CSCC[C@@H](NC(=O)C[C@H]1NC(=O)N(CCc2ccccc2)C1=O)c1nnc2ccccn12. The van der Waals surface area contributed by atoms with Gasteiger partial charge in [0.05, 0.1) is 12.5 Å². The lowest BCUT2D eigenvalue weighted by molar-refractivity contribution is -0.131. The van der Waals surface area contributed by atoms with E-state index in [4.69, 9.17) is 0 Å². The quantitative estimate of drug-likeness (QED) is 0.444. The molecule has 2 N–H and O–H groups in total. The number of benzene rings is 1. The summed E-state index contributed by atoms with van der Waals surface area (Å²) in [7, 11) is 0. The van der Waals surface area contributed by atoms with E-state index in [1.54, 1.807) is 11.8 Å². The minimum absolute atomic E-state index is 0.126. The molecule has 2 aromatic heterocycles. The molecule has 10 heteroatoms. The van der Waals surface area contributed by atoms with Gasteiger partial charge < -0.3 is 10.6 Å². The van der Waals surface area contributed by atoms with E-state index in [0.29, 0.717) is 24.3 Å². The second kappa shape index (κ2) is 10.5. The molecule has 3 aromatic rings. The van der Waals surface area contributed by atoms with Crippen molar-refractivity contribution in [2.75, 3.05) is 18.6 Å². The second-order valence-electron chi connectivity index (χ2n) is 7.82. The predicted molar refractivity (Wildman–Crippen MR) is 126 cm³/mol. The molecule has 1 fully saturated rings.